The maximum atomic E-state index is 11.3. The van der Waals surface area contributed by atoms with Gasteiger partial charge in [-0.2, -0.15) is 0 Å². The van der Waals surface area contributed by atoms with E-state index >= 15 is 0 Å². The summed E-state index contributed by atoms with van der Waals surface area (Å²) in [4.78, 5) is 15.7. The molecule has 2 heterocycles. The van der Waals surface area contributed by atoms with Crippen LogP contribution in [0.1, 0.15) is 12.8 Å². The average Bonchev–Trinajstić information content (AvgIpc) is 2.54. The molecule has 0 aromatic carbocycles. The van der Waals surface area contributed by atoms with E-state index in [1.165, 1.54) is 0 Å². The zero-order valence-corrected chi connectivity index (χ0v) is 7.96. The van der Waals surface area contributed by atoms with Crippen molar-refractivity contribution in [3.63, 3.8) is 0 Å². The molecule has 4 heteroatoms. The first-order valence-corrected chi connectivity index (χ1v) is 5.07. The van der Waals surface area contributed by atoms with Gasteiger partial charge in [-0.05, 0) is 6.42 Å². The molecule has 2 aliphatic heterocycles. The summed E-state index contributed by atoms with van der Waals surface area (Å²) in [5, 5.41) is 3.31. The summed E-state index contributed by atoms with van der Waals surface area (Å²) in [5.74, 6) is 0.332. The third kappa shape index (κ3) is 2.19. The van der Waals surface area contributed by atoms with Crippen LogP contribution in [-0.2, 0) is 4.79 Å². The van der Waals surface area contributed by atoms with Crippen molar-refractivity contribution in [1.29, 1.82) is 0 Å². The number of nitrogens with one attached hydrogen (secondary N) is 1. The second kappa shape index (κ2) is 4.07. The molecule has 2 aliphatic rings. The molecule has 1 amide bonds. The summed E-state index contributed by atoms with van der Waals surface area (Å²) >= 11 is 0. The zero-order chi connectivity index (χ0) is 9.10. The van der Waals surface area contributed by atoms with Crippen molar-refractivity contribution in [3.8, 4) is 0 Å². The van der Waals surface area contributed by atoms with E-state index in [0.29, 0.717) is 5.91 Å². The highest BCUT2D eigenvalue weighted by Crippen LogP contribution is 2.10. The van der Waals surface area contributed by atoms with E-state index in [-0.39, 0.29) is 0 Å². The van der Waals surface area contributed by atoms with Gasteiger partial charge in [-0.15, -0.1) is 0 Å². The molecular formula is C9H17N3O. The normalized spacial score (nSPS) is 25.5. The van der Waals surface area contributed by atoms with Crippen LogP contribution < -0.4 is 5.32 Å². The lowest BCUT2D eigenvalue weighted by atomic mass is 10.4. The van der Waals surface area contributed by atoms with Crippen molar-refractivity contribution in [3.05, 3.63) is 0 Å². The maximum absolute atomic E-state index is 11.3. The van der Waals surface area contributed by atoms with Crippen molar-refractivity contribution in [2.45, 2.75) is 12.8 Å². The van der Waals surface area contributed by atoms with Gasteiger partial charge in [0.05, 0.1) is 6.67 Å². The molecular weight excluding hydrogens is 166 g/mol. The fraction of sp³-hybridized carbons (Fsp3) is 0.889. The number of likely N-dealkylation sites (tertiary alicyclic amines) is 1. The number of rotatable bonds is 2. The van der Waals surface area contributed by atoms with Crippen molar-refractivity contribution >= 4 is 5.91 Å². The molecule has 0 spiro atoms. The largest absolute Gasteiger partial charge is 0.330 e. The molecule has 13 heavy (non-hydrogen) atoms. The summed E-state index contributed by atoms with van der Waals surface area (Å²) in [6.07, 6.45) is 1.80. The molecule has 2 saturated heterocycles. The lowest BCUT2D eigenvalue weighted by Crippen LogP contribution is -2.48. The third-order valence-electron chi connectivity index (χ3n) is 2.75. The van der Waals surface area contributed by atoms with Gasteiger partial charge < -0.3 is 10.2 Å². The molecule has 0 atom stereocenters. The SMILES string of the molecule is O=C1CCCN1CN1CCNCC1. The Labute approximate surface area is 78.9 Å². The topological polar surface area (TPSA) is 35.6 Å². The predicted octanol–water partition coefficient (Wildman–Crippen LogP) is -0.528. The van der Waals surface area contributed by atoms with Crippen LogP contribution >= 0.6 is 0 Å². The highest BCUT2D eigenvalue weighted by Gasteiger charge is 2.22. The van der Waals surface area contributed by atoms with Crippen molar-refractivity contribution in [2.75, 3.05) is 39.4 Å². The Hall–Kier alpha value is -0.610. The van der Waals surface area contributed by atoms with Gasteiger partial charge in [-0.25, -0.2) is 0 Å². The van der Waals surface area contributed by atoms with Gasteiger partial charge in [0, 0.05) is 39.1 Å². The van der Waals surface area contributed by atoms with E-state index in [4.69, 9.17) is 0 Å². The number of hydrogen-bond acceptors (Lipinski definition) is 3. The molecule has 0 unspecified atom stereocenters. The minimum Gasteiger partial charge on any atom is -0.330 e. The summed E-state index contributed by atoms with van der Waals surface area (Å²) in [7, 11) is 0. The highest BCUT2D eigenvalue weighted by molar-refractivity contribution is 5.77. The Balaban J connectivity index is 1.79. The third-order valence-corrected chi connectivity index (χ3v) is 2.75. The van der Waals surface area contributed by atoms with E-state index in [1.807, 2.05) is 4.90 Å². The molecule has 74 valence electrons. The molecule has 0 aromatic heterocycles. The van der Waals surface area contributed by atoms with Crippen LogP contribution in [0.5, 0.6) is 0 Å². The number of nitrogens with zero attached hydrogens (tertiary/aromatic N) is 2. The van der Waals surface area contributed by atoms with Crippen molar-refractivity contribution in [1.82, 2.24) is 15.1 Å². The fourth-order valence-corrected chi connectivity index (χ4v) is 1.95. The van der Waals surface area contributed by atoms with Crippen LogP contribution in [0.25, 0.3) is 0 Å². The standard InChI is InChI=1S/C9H17N3O/c13-9-2-1-5-12(9)8-11-6-3-10-4-7-11/h10H,1-8H2. The smallest absolute Gasteiger partial charge is 0.223 e. The number of carbonyl (C=O) groups excluding carboxylic acids is 1. The van der Waals surface area contributed by atoms with Crippen molar-refractivity contribution < 1.29 is 4.79 Å². The van der Waals surface area contributed by atoms with Crippen LogP contribution in [0, 0.1) is 0 Å². The Kier molecular flexibility index (Phi) is 2.80. The lowest BCUT2D eigenvalue weighted by molar-refractivity contribution is -0.129. The van der Waals surface area contributed by atoms with Crippen LogP contribution in [0.2, 0.25) is 0 Å². The van der Waals surface area contributed by atoms with Gasteiger partial charge in [-0.3, -0.25) is 9.69 Å². The molecule has 1 N–H and O–H groups in total. The number of hydrogen-bond donors (Lipinski definition) is 1. The average molecular weight is 183 g/mol. The number of carbonyl (C=O) groups is 1. The quantitative estimate of drug-likeness (QED) is 0.625. The number of piperazine rings is 1. The molecule has 2 fully saturated rings. The molecule has 2 rings (SSSR count). The van der Waals surface area contributed by atoms with Gasteiger partial charge >= 0.3 is 0 Å². The number of amides is 1. The first-order valence-electron chi connectivity index (χ1n) is 5.07. The minimum absolute atomic E-state index is 0.332. The Morgan fingerprint density at radius 2 is 2.00 bits per heavy atom. The zero-order valence-electron chi connectivity index (χ0n) is 7.96. The van der Waals surface area contributed by atoms with Gasteiger partial charge in [0.1, 0.15) is 0 Å². The Bertz CT molecular complexity index is 189. The first-order chi connectivity index (χ1) is 6.36. The first kappa shape index (κ1) is 8.97. The second-order valence-corrected chi connectivity index (χ2v) is 3.77. The molecule has 0 saturated carbocycles. The summed E-state index contributed by atoms with van der Waals surface area (Å²) < 4.78 is 0. The van der Waals surface area contributed by atoms with E-state index < -0.39 is 0 Å². The van der Waals surface area contributed by atoms with Gasteiger partial charge in [0.25, 0.3) is 0 Å². The molecule has 0 aromatic rings. The van der Waals surface area contributed by atoms with E-state index in [0.717, 1.165) is 52.2 Å². The van der Waals surface area contributed by atoms with Gasteiger partial charge in [-0.1, -0.05) is 0 Å². The van der Waals surface area contributed by atoms with Crippen LogP contribution in [-0.4, -0.2) is 55.1 Å². The van der Waals surface area contributed by atoms with Gasteiger partial charge in [0.2, 0.25) is 5.91 Å². The van der Waals surface area contributed by atoms with Crippen LogP contribution in [0.15, 0.2) is 0 Å². The van der Waals surface area contributed by atoms with E-state index in [9.17, 15) is 4.79 Å². The predicted molar refractivity (Wildman–Crippen MR) is 50.3 cm³/mol. The van der Waals surface area contributed by atoms with E-state index in [2.05, 4.69) is 10.2 Å². The summed E-state index contributed by atoms with van der Waals surface area (Å²) in [6.45, 7) is 6.07. The summed E-state index contributed by atoms with van der Waals surface area (Å²) in [5.41, 5.74) is 0. The van der Waals surface area contributed by atoms with Crippen LogP contribution in [0.4, 0.5) is 0 Å². The Morgan fingerprint density at radius 3 is 2.62 bits per heavy atom. The lowest BCUT2D eigenvalue weighted by Gasteiger charge is -2.30. The van der Waals surface area contributed by atoms with Gasteiger partial charge in [0.15, 0.2) is 0 Å². The monoisotopic (exact) mass is 183 g/mol. The fourth-order valence-electron chi connectivity index (χ4n) is 1.95. The molecule has 4 nitrogen and oxygen atoms in total. The van der Waals surface area contributed by atoms with E-state index in [1.54, 1.807) is 0 Å². The van der Waals surface area contributed by atoms with Crippen molar-refractivity contribution in [2.24, 2.45) is 0 Å². The minimum atomic E-state index is 0.332. The second-order valence-electron chi connectivity index (χ2n) is 3.77. The molecule has 0 radical (unpaired) electrons. The summed E-state index contributed by atoms with van der Waals surface area (Å²) in [6, 6.07) is 0. The Morgan fingerprint density at radius 1 is 1.23 bits per heavy atom. The van der Waals surface area contributed by atoms with Crippen LogP contribution in [0.3, 0.4) is 0 Å². The maximum Gasteiger partial charge on any atom is 0.223 e. The molecule has 0 bridgehead atoms. The highest BCUT2D eigenvalue weighted by atomic mass is 16.2. The molecule has 0 aliphatic carbocycles.